The summed E-state index contributed by atoms with van der Waals surface area (Å²) in [6.07, 6.45) is 1.61. The third kappa shape index (κ3) is 3.80. The Balaban J connectivity index is 2.26. The predicted octanol–water partition coefficient (Wildman–Crippen LogP) is 3.85. The fourth-order valence-electron chi connectivity index (χ4n) is 4.32. The lowest BCUT2D eigenvalue weighted by atomic mass is 9.71. The minimum atomic E-state index is -0.722. The molecule has 0 saturated heterocycles. The molecule has 3 rings (SSSR count). The second-order valence-electron chi connectivity index (χ2n) is 7.75. The maximum Gasteiger partial charge on any atom is 0.315 e. The highest BCUT2D eigenvalue weighted by Gasteiger charge is 2.45. The van der Waals surface area contributed by atoms with Gasteiger partial charge in [-0.3, -0.25) is 14.6 Å². The molecular formula is C23H29NO6. The molecule has 0 radical (unpaired) electrons. The van der Waals surface area contributed by atoms with Crippen LogP contribution < -0.4 is 14.2 Å². The summed E-state index contributed by atoms with van der Waals surface area (Å²) in [5, 5.41) is 0. The van der Waals surface area contributed by atoms with Crippen molar-refractivity contribution < 1.29 is 28.5 Å². The van der Waals surface area contributed by atoms with E-state index < -0.39 is 17.8 Å². The quantitative estimate of drug-likeness (QED) is 0.657. The number of ketones is 1. The SMILES string of the molecule is COc1ccc([C@@H]2C3=C(CCCC3=O)N=C(C)C2C(=O)OC(C)C)c(OC)c1OC. The molecule has 0 amide bonds. The van der Waals surface area contributed by atoms with Crippen LogP contribution in [-0.2, 0) is 14.3 Å². The maximum atomic E-state index is 13.1. The fourth-order valence-corrected chi connectivity index (χ4v) is 4.32. The van der Waals surface area contributed by atoms with Crippen molar-refractivity contribution in [1.82, 2.24) is 0 Å². The lowest BCUT2D eigenvalue weighted by Gasteiger charge is -2.35. The number of nitrogens with zero attached hydrogens (tertiary/aromatic N) is 1. The summed E-state index contributed by atoms with van der Waals surface area (Å²) in [6, 6.07) is 3.59. The minimum absolute atomic E-state index is 0.0108. The molecule has 0 bridgehead atoms. The van der Waals surface area contributed by atoms with Gasteiger partial charge < -0.3 is 18.9 Å². The van der Waals surface area contributed by atoms with Gasteiger partial charge in [0.25, 0.3) is 0 Å². The molecule has 2 atom stereocenters. The molecule has 7 nitrogen and oxygen atoms in total. The van der Waals surface area contributed by atoms with E-state index in [9.17, 15) is 9.59 Å². The molecule has 30 heavy (non-hydrogen) atoms. The van der Waals surface area contributed by atoms with Gasteiger partial charge in [0.2, 0.25) is 5.75 Å². The topological polar surface area (TPSA) is 83.4 Å². The molecule has 0 aromatic heterocycles. The van der Waals surface area contributed by atoms with Crippen molar-refractivity contribution in [3.63, 3.8) is 0 Å². The highest BCUT2D eigenvalue weighted by molar-refractivity contribution is 6.09. The van der Waals surface area contributed by atoms with Crippen molar-refractivity contribution in [2.75, 3.05) is 21.3 Å². The summed E-state index contributed by atoms with van der Waals surface area (Å²) < 4.78 is 22.2. The van der Waals surface area contributed by atoms with Gasteiger partial charge >= 0.3 is 5.97 Å². The molecule has 1 unspecified atom stereocenters. The van der Waals surface area contributed by atoms with Crippen LogP contribution in [0.3, 0.4) is 0 Å². The van der Waals surface area contributed by atoms with Crippen molar-refractivity contribution >= 4 is 17.5 Å². The Bertz CT molecular complexity index is 915. The van der Waals surface area contributed by atoms with Crippen molar-refractivity contribution in [2.24, 2.45) is 10.9 Å². The Morgan fingerprint density at radius 3 is 2.37 bits per heavy atom. The van der Waals surface area contributed by atoms with E-state index in [1.54, 1.807) is 27.0 Å². The van der Waals surface area contributed by atoms with E-state index in [1.165, 1.54) is 14.2 Å². The third-order valence-corrected chi connectivity index (χ3v) is 5.51. The second kappa shape index (κ2) is 8.90. The lowest BCUT2D eigenvalue weighted by molar-refractivity contribution is -0.150. The largest absolute Gasteiger partial charge is 0.493 e. The third-order valence-electron chi connectivity index (χ3n) is 5.51. The summed E-state index contributed by atoms with van der Waals surface area (Å²) in [7, 11) is 4.60. The van der Waals surface area contributed by atoms with Gasteiger partial charge in [-0.05, 0) is 39.7 Å². The first-order valence-electron chi connectivity index (χ1n) is 10.1. The molecule has 0 saturated carbocycles. The Kier molecular flexibility index (Phi) is 6.48. The van der Waals surface area contributed by atoms with Gasteiger partial charge in [0, 0.05) is 34.9 Å². The van der Waals surface area contributed by atoms with Crippen LogP contribution in [0.15, 0.2) is 28.4 Å². The van der Waals surface area contributed by atoms with Crippen LogP contribution in [0.2, 0.25) is 0 Å². The first kappa shape index (κ1) is 21.9. The fraction of sp³-hybridized carbons (Fsp3) is 0.522. The number of rotatable bonds is 6. The van der Waals surface area contributed by atoms with Crippen molar-refractivity contribution in [2.45, 2.75) is 52.1 Å². The summed E-state index contributed by atoms with van der Waals surface area (Å²) in [5.41, 5.74) is 2.64. The number of benzene rings is 1. The molecule has 1 aromatic carbocycles. The molecule has 162 valence electrons. The number of Topliss-reactive ketones (excluding diaryl/α,β-unsaturated/α-hetero) is 1. The molecule has 1 aliphatic heterocycles. The lowest BCUT2D eigenvalue weighted by Crippen LogP contribution is -2.38. The van der Waals surface area contributed by atoms with Crippen LogP contribution in [0.25, 0.3) is 0 Å². The van der Waals surface area contributed by atoms with Gasteiger partial charge in [0.1, 0.15) is 5.92 Å². The predicted molar refractivity (Wildman–Crippen MR) is 113 cm³/mol. The number of carbonyl (C=O) groups excluding carboxylic acids is 2. The molecule has 0 N–H and O–H groups in total. The zero-order valence-corrected chi connectivity index (χ0v) is 18.4. The highest BCUT2D eigenvalue weighted by atomic mass is 16.5. The van der Waals surface area contributed by atoms with E-state index in [-0.39, 0.29) is 11.9 Å². The van der Waals surface area contributed by atoms with E-state index in [2.05, 4.69) is 4.99 Å². The molecule has 1 heterocycles. The van der Waals surface area contributed by atoms with Gasteiger partial charge in [-0.15, -0.1) is 0 Å². The molecule has 1 aliphatic carbocycles. The van der Waals surface area contributed by atoms with Crippen LogP contribution in [0.5, 0.6) is 17.2 Å². The Morgan fingerprint density at radius 2 is 1.77 bits per heavy atom. The Labute approximate surface area is 177 Å². The van der Waals surface area contributed by atoms with Crippen LogP contribution in [-0.4, -0.2) is 44.9 Å². The number of hydrogen-bond acceptors (Lipinski definition) is 7. The number of allylic oxidation sites excluding steroid dienone is 2. The summed E-state index contributed by atoms with van der Waals surface area (Å²) in [5.74, 6) is -0.325. The molecule has 1 aromatic rings. The normalized spacial score (nSPS) is 21.2. The van der Waals surface area contributed by atoms with Crippen LogP contribution in [0.4, 0.5) is 0 Å². The maximum absolute atomic E-state index is 13.1. The van der Waals surface area contributed by atoms with E-state index in [0.29, 0.717) is 46.9 Å². The first-order chi connectivity index (χ1) is 14.3. The number of carbonyl (C=O) groups is 2. The van der Waals surface area contributed by atoms with Crippen LogP contribution in [0, 0.1) is 5.92 Å². The summed E-state index contributed by atoms with van der Waals surface area (Å²) in [4.78, 5) is 30.8. The average Bonchev–Trinajstić information content (AvgIpc) is 2.70. The Morgan fingerprint density at radius 1 is 1.07 bits per heavy atom. The summed E-state index contributed by atoms with van der Waals surface area (Å²) in [6.45, 7) is 5.42. The molecular weight excluding hydrogens is 386 g/mol. The van der Waals surface area contributed by atoms with E-state index in [4.69, 9.17) is 18.9 Å². The van der Waals surface area contributed by atoms with Gasteiger partial charge in [-0.1, -0.05) is 6.07 Å². The second-order valence-corrected chi connectivity index (χ2v) is 7.75. The molecule has 2 aliphatic rings. The standard InChI is InChI=1S/C23H29NO6/c1-12(2)30-23(26)18-13(3)24-15-8-7-9-16(25)20(15)19(18)14-10-11-17(27-4)22(29-6)21(14)28-5/h10-12,18-19H,7-9H2,1-6H3/t18?,19-/m0/s1. The van der Waals surface area contributed by atoms with Gasteiger partial charge in [0.05, 0.1) is 27.4 Å². The highest BCUT2D eigenvalue weighted by Crippen LogP contribution is 2.50. The van der Waals surface area contributed by atoms with Gasteiger partial charge in [-0.2, -0.15) is 0 Å². The number of esters is 1. The van der Waals surface area contributed by atoms with E-state index >= 15 is 0 Å². The number of ether oxygens (including phenoxy) is 4. The average molecular weight is 415 g/mol. The van der Waals surface area contributed by atoms with Gasteiger partial charge in [0.15, 0.2) is 17.3 Å². The van der Waals surface area contributed by atoms with E-state index in [0.717, 1.165) is 12.1 Å². The molecule has 7 heteroatoms. The van der Waals surface area contributed by atoms with Crippen molar-refractivity contribution in [3.8, 4) is 17.2 Å². The number of aliphatic imine (C=N–C) groups is 1. The number of methoxy groups -OCH3 is 3. The smallest absolute Gasteiger partial charge is 0.315 e. The van der Waals surface area contributed by atoms with Crippen LogP contribution in [0.1, 0.15) is 51.5 Å². The summed E-state index contributed by atoms with van der Waals surface area (Å²) >= 11 is 0. The van der Waals surface area contributed by atoms with Crippen LogP contribution >= 0.6 is 0 Å². The monoisotopic (exact) mass is 415 g/mol. The Hall–Kier alpha value is -2.83. The van der Waals surface area contributed by atoms with E-state index in [1.807, 2.05) is 13.0 Å². The van der Waals surface area contributed by atoms with Crippen molar-refractivity contribution in [3.05, 3.63) is 29.0 Å². The minimum Gasteiger partial charge on any atom is -0.493 e. The number of hydrogen-bond donors (Lipinski definition) is 0. The molecule has 0 fully saturated rings. The van der Waals surface area contributed by atoms with Crippen molar-refractivity contribution in [1.29, 1.82) is 0 Å². The first-order valence-corrected chi connectivity index (χ1v) is 10.1. The zero-order chi connectivity index (χ0) is 22.0. The zero-order valence-electron chi connectivity index (χ0n) is 18.4. The van der Waals surface area contributed by atoms with Gasteiger partial charge in [-0.25, -0.2) is 0 Å². The molecule has 0 spiro atoms.